The lowest BCUT2D eigenvalue weighted by atomic mass is 10.1. The van der Waals surface area contributed by atoms with Crippen LogP contribution in [0.1, 0.15) is 35.9 Å². The molecule has 0 atom stereocenters. The van der Waals surface area contributed by atoms with Crippen LogP contribution in [0.15, 0.2) is 30.6 Å². The lowest BCUT2D eigenvalue weighted by Crippen LogP contribution is -2.49. The molecule has 2 aromatic rings. The topological polar surface area (TPSA) is 41.4 Å². The third-order valence-electron chi connectivity index (χ3n) is 4.74. The first kappa shape index (κ1) is 19.2. The Kier molecular flexibility index (Phi) is 6.22. The minimum absolute atomic E-state index is 0.0250. The van der Waals surface area contributed by atoms with Gasteiger partial charge in [0.1, 0.15) is 5.82 Å². The van der Waals surface area contributed by atoms with Crippen molar-refractivity contribution in [3.63, 3.8) is 0 Å². The summed E-state index contributed by atoms with van der Waals surface area (Å²) in [6.45, 7) is 9.34. The van der Waals surface area contributed by atoms with Gasteiger partial charge in [-0.1, -0.05) is 37.0 Å². The third-order valence-corrected chi connectivity index (χ3v) is 5.29. The predicted octanol–water partition coefficient (Wildman–Crippen LogP) is 3.77. The van der Waals surface area contributed by atoms with Crippen molar-refractivity contribution in [1.82, 2.24) is 19.4 Å². The molecule has 0 aliphatic carbocycles. The van der Waals surface area contributed by atoms with Gasteiger partial charge in [0, 0.05) is 62.6 Å². The van der Waals surface area contributed by atoms with Gasteiger partial charge in [-0.15, -0.1) is 0 Å². The molecule has 1 aliphatic rings. The molecule has 1 aliphatic heterocycles. The van der Waals surface area contributed by atoms with Gasteiger partial charge in [-0.3, -0.25) is 9.69 Å². The van der Waals surface area contributed by atoms with Crippen LogP contribution in [0.5, 0.6) is 0 Å². The molecular weight excluding hydrogens is 371 g/mol. The molecule has 26 heavy (non-hydrogen) atoms. The van der Waals surface area contributed by atoms with Crippen molar-refractivity contribution in [1.29, 1.82) is 0 Å². The normalized spacial score (nSPS) is 15.7. The number of rotatable bonds is 5. The van der Waals surface area contributed by atoms with Crippen LogP contribution in [-0.4, -0.2) is 58.0 Å². The van der Waals surface area contributed by atoms with Crippen molar-refractivity contribution in [2.24, 2.45) is 0 Å². The van der Waals surface area contributed by atoms with Gasteiger partial charge in [0.25, 0.3) is 5.91 Å². The molecular formula is C19H24Cl2N4O. The van der Waals surface area contributed by atoms with Crippen LogP contribution in [0.3, 0.4) is 0 Å². The average Bonchev–Trinajstić information content (AvgIpc) is 3.09. The highest BCUT2D eigenvalue weighted by molar-refractivity contribution is 6.36. The molecule has 0 radical (unpaired) electrons. The van der Waals surface area contributed by atoms with Gasteiger partial charge in [-0.05, 0) is 18.2 Å². The third kappa shape index (κ3) is 4.40. The molecule has 0 unspecified atom stereocenters. The van der Waals surface area contributed by atoms with Crippen molar-refractivity contribution < 1.29 is 4.79 Å². The molecule has 1 fully saturated rings. The minimum atomic E-state index is -0.0250. The molecule has 1 aromatic carbocycles. The molecule has 0 N–H and O–H groups in total. The second kappa shape index (κ2) is 8.42. The van der Waals surface area contributed by atoms with E-state index in [2.05, 4.69) is 28.3 Å². The molecule has 1 aromatic heterocycles. The summed E-state index contributed by atoms with van der Waals surface area (Å²) < 4.78 is 2.22. The quantitative estimate of drug-likeness (QED) is 0.774. The Hall–Kier alpha value is -1.56. The van der Waals surface area contributed by atoms with Gasteiger partial charge in [-0.2, -0.15) is 0 Å². The van der Waals surface area contributed by atoms with Crippen LogP contribution < -0.4 is 0 Å². The van der Waals surface area contributed by atoms with Crippen LogP contribution in [-0.2, 0) is 6.54 Å². The predicted molar refractivity (Wildman–Crippen MR) is 105 cm³/mol. The summed E-state index contributed by atoms with van der Waals surface area (Å²) >= 11 is 12.1. The van der Waals surface area contributed by atoms with Gasteiger partial charge in [0.05, 0.1) is 10.6 Å². The zero-order chi connectivity index (χ0) is 18.7. The van der Waals surface area contributed by atoms with E-state index in [1.807, 2.05) is 17.3 Å². The second-order valence-electron chi connectivity index (χ2n) is 6.89. The number of halogens is 2. The number of nitrogens with zero attached hydrogens (tertiary/aromatic N) is 4. The van der Waals surface area contributed by atoms with Crippen molar-refractivity contribution in [2.75, 3.05) is 32.7 Å². The van der Waals surface area contributed by atoms with Crippen molar-refractivity contribution in [3.8, 4) is 0 Å². The SMILES string of the molecule is CC(C)c1nccn1CCN1CCN(C(=O)c2ccc(Cl)cc2Cl)CC1. The first-order valence-corrected chi connectivity index (χ1v) is 9.69. The molecule has 7 heteroatoms. The van der Waals surface area contributed by atoms with E-state index in [1.165, 1.54) is 0 Å². The van der Waals surface area contributed by atoms with E-state index >= 15 is 0 Å². The number of hydrogen-bond acceptors (Lipinski definition) is 3. The molecule has 140 valence electrons. The van der Waals surface area contributed by atoms with Gasteiger partial charge >= 0.3 is 0 Å². The fourth-order valence-corrected chi connectivity index (χ4v) is 3.76. The van der Waals surface area contributed by atoms with Gasteiger partial charge in [0.2, 0.25) is 0 Å². The maximum absolute atomic E-state index is 12.7. The first-order valence-electron chi connectivity index (χ1n) is 8.93. The van der Waals surface area contributed by atoms with E-state index in [0.29, 0.717) is 34.6 Å². The van der Waals surface area contributed by atoms with Crippen molar-refractivity contribution >= 4 is 29.1 Å². The molecule has 0 saturated carbocycles. The molecule has 0 spiro atoms. The number of carbonyl (C=O) groups excluding carboxylic acids is 1. The number of amides is 1. The number of carbonyl (C=O) groups is 1. The van der Waals surface area contributed by atoms with E-state index in [0.717, 1.165) is 32.0 Å². The van der Waals surface area contributed by atoms with Crippen LogP contribution in [0, 0.1) is 0 Å². The number of hydrogen-bond donors (Lipinski definition) is 0. The zero-order valence-electron chi connectivity index (χ0n) is 15.2. The summed E-state index contributed by atoms with van der Waals surface area (Å²) in [6.07, 6.45) is 3.90. The number of piperazine rings is 1. The lowest BCUT2D eigenvalue weighted by molar-refractivity contribution is 0.0633. The lowest BCUT2D eigenvalue weighted by Gasteiger charge is -2.35. The van der Waals surface area contributed by atoms with Crippen LogP contribution in [0.2, 0.25) is 10.0 Å². The Morgan fingerprint density at radius 1 is 1.15 bits per heavy atom. The summed E-state index contributed by atoms with van der Waals surface area (Å²) in [6, 6.07) is 5.02. The molecule has 2 heterocycles. The summed E-state index contributed by atoms with van der Waals surface area (Å²) in [4.78, 5) is 21.4. The van der Waals surface area contributed by atoms with E-state index < -0.39 is 0 Å². The average molecular weight is 395 g/mol. The van der Waals surface area contributed by atoms with Gasteiger partial charge < -0.3 is 9.47 Å². The number of benzene rings is 1. The Morgan fingerprint density at radius 3 is 2.54 bits per heavy atom. The minimum Gasteiger partial charge on any atom is -0.336 e. The standard InChI is InChI=1S/C19H24Cl2N4O/c1-14(2)18-22-5-6-24(18)10-7-23-8-11-25(12-9-23)19(26)16-4-3-15(20)13-17(16)21/h3-6,13-14H,7-12H2,1-2H3. The molecule has 1 saturated heterocycles. The second-order valence-corrected chi connectivity index (χ2v) is 7.74. The molecule has 0 bridgehead atoms. The highest BCUT2D eigenvalue weighted by Gasteiger charge is 2.23. The van der Waals surface area contributed by atoms with Crippen LogP contribution >= 0.6 is 23.2 Å². The maximum atomic E-state index is 12.7. The van der Waals surface area contributed by atoms with E-state index in [9.17, 15) is 4.79 Å². The van der Waals surface area contributed by atoms with E-state index in [1.54, 1.807) is 18.2 Å². The Morgan fingerprint density at radius 2 is 1.88 bits per heavy atom. The summed E-state index contributed by atoms with van der Waals surface area (Å²) in [5, 5.41) is 0.947. The van der Waals surface area contributed by atoms with Crippen LogP contribution in [0.4, 0.5) is 0 Å². The summed E-state index contributed by atoms with van der Waals surface area (Å²) in [5.41, 5.74) is 0.518. The highest BCUT2D eigenvalue weighted by atomic mass is 35.5. The van der Waals surface area contributed by atoms with Gasteiger partial charge in [-0.25, -0.2) is 4.98 Å². The highest BCUT2D eigenvalue weighted by Crippen LogP contribution is 2.23. The monoisotopic (exact) mass is 394 g/mol. The van der Waals surface area contributed by atoms with E-state index in [4.69, 9.17) is 23.2 Å². The number of aromatic nitrogens is 2. The molecule has 5 nitrogen and oxygen atoms in total. The maximum Gasteiger partial charge on any atom is 0.255 e. The Labute approximate surface area is 164 Å². The van der Waals surface area contributed by atoms with Gasteiger partial charge in [0.15, 0.2) is 0 Å². The Balaban J connectivity index is 1.52. The van der Waals surface area contributed by atoms with Crippen molar-refractivity contribution in [3.05, 3.63) is 52.0 Å². The smallest absolute Gasteiger partial charge is 0.255 e. The summed E-state index contributed by atoms with van der Waals surface area (Å²) in [7, 11) is 0. The molecule has 3 rings (SSSR count). The Bertz CT molecular complexity index is 767. The summed E-state index contributed by atoms with van der Waals surface area (Å²) in [5.74, 6) is 1.52. The fraction of sp³-hybridized carbons (Fsp3) is 0.474. The first-order chi connectivity index (χ1) is 12.5. The zero-order valence-corrected chi connectivity index (χ0v) is 16.7. The fourth-order valence-electron chi connectivity index (χ4n) is 3.27. The van der Waals surface area contributed by atoms with Crippen LogP contribution in [0.25, 0.3) is 0 Å². The largest absolute Gasteiger partial charge is 0.336 e. The van der Waals surface area contributed by atoms with E-state index in [-0.39, 0.29) is 5.91 Å². The van der Waals surface area contributed by atoms with Crippen molar-refractivity contribution in [2.45, 2.75) is 26.3 Å². The molecule has 1 amide bonds. The number of imidazole rings is 1.